The van der Waals surface area contributed by atoms with Crippen LogP contribution in [0, 0.1) is 0 Å². The molecule has 4 heteroatoms. The van der Waals surface area contributed by atoms with E-state index >= 15 is 0 Å². The normalized spacial score (nSPS) is 19.9. The first-order valence-corrected chi connectivity index (χ1v) is 5.51. The van der Waals surface area contributed by atoms with Crippen LogP contribution in [0.25, 0.3) is 0 Å². The largest absolute Gasteiger partial charge is 0.504 e. The van der Waals surface area contributed by atoms with Gasteiger partial charge < -0.3 is 14.6 Å². The number of rotatable bonds is 1. The highest BCUT2D eigenvalue weighted by Gasteiger charge is 2.22. The molecule has 3 nitrogen and oxygen atoms in total. The first-order chi connectivity index (χ1) is 6.31. The summed E-state index contributed by atoms with van der Waals surface area (Å²) >= 11 is 2.23. The molecule has 0 aromatic heterocycles. The Bertz CT molecular complexity index is 314. The van der Waals surface area contributed by atoms with Crippen LogP contribution in [0.4, 0.5) is 0 Å². The average molecular weight is 292 g/mol. The molecular weight excluding hydrogens is 283 g/mol. The van der Waals surface area contributed by atoms with Crippen molar-refractivity contribution in [1.29, 1.82) is 0 Å². The van der Waals surface area contributed by atoms with E-state index in [1.54, 1.807) is 18.2 Å². The molecule has 2 rings (SSSR count). The van der Waals surface area contributed by atoms with E-state index in [4.69, 9.17) is 9.47 Å². The number of phenols is 1. The number of hydrogen-bond acceptors (Lipinski definition) is 3. The summed E-state index contributed by atoms with van der Waals surface area (Å²) in [6.07, 6.45) is 0.0430. The van der Waals surface area contributed by atoms with Gasteiger partial charge in [-0.2, -0.15) is 0 Å². The highest BCUT2D eigenvalue weighted by atomic mass is 127. The second-order valence-corrected chi connectivity index (χ2v) is 3.69. The Morgan fingerprint density at radius 3 is 3.15 bits per heavy atom. The van der Waals surface area contributed by atoms with E-state index in [2.05, 4.69) is 22.6 Å². The molecule has 0 spiro atoms. The maximum Gasteiger partial charge on any atom is 0.203 e. The second-order valence-electron chi connectivity index (χ2n) is 2.81. The SMILES string of the molecule is Oc1cccc2c1O[C@@H](CI)CO2. The smallest absolute Gasteiger partial charge is 0.203 e. The van der Waals surface area contributed by atoms with E-state index in [9.17, 15) is 5.11 Å². The summed E-state index contributed by atoms with van der Waals surface area (Å²) in [6.45, 7) is 0.555. The molecule has 0 saturated heterocycles. The maximum atomic E-state index is 9.46. The van der Waals surface area contributed by atoms with Crippen molar-refractivity contribution in [2.75, 3.05) is 11.0 Å². The van der Waals surface area contributed by atoms with Crippen molar-refractivity contribution in [2.24, 2.45) is 0 Å². The topological polar surface area (TPSA) is 38.7 Å². The molecule has 13 heavy (non-hydrogen) atoms. The Morgan fingerprint density at radius 1 is 1.54 bits per heavy atom. The van der Waals surface area contributed by atoms with Crippen LogP contribution in [-0.4, -0.2) is 22.2 Å². The number of ether oxygens (including phenoxy) is 2. The fourth-order valence-corrected chi connectivity index (χ4v) is 1.63. The molecule has 1 aliphatic heterocycles. The third kappa shape index (κ3) is 1.67. The number of hydrogen-bond donors (Lipinski definition) is 1. The molecule has 1 aliphatic rings. The predicted molar refractivity (Wildman–Crippen MR) is 56.9 cm³/mol. The minimum Gasteiger partial charge on any atom is -0.504 e. The Morgan fingerprint density at radius 2 is 2.38 bits per heavy atom. The van der Waals surface area contributed by atoms with Crippen molar-refractivity contribution >= 4 is 22.6 Å². The molecule has 0 unspecified atom stereocenters. The molecule has 1 aromatic rings. The first-order valence-electron chi connectivity index (χ1n) is 3.98. The number of para-hydroxylation sites is 1. The summed E-state index contributed by atoms with van der Waals surface area (Å²) in [5.74, 6) is 1.24. The Balaban J connectivity index is 2.32. The van der Waals surface area contributed by atoms with Crippen LogP contribution in [0.3, 0.4) is 0 Å². The number of halogens is 1. The summed E-state index contributed by atoms with van der Waals surface area (Å²) in [7, 11) is 0. The Kier molecular flexibility index (Phi) is 2.48. The van der Waals surface area contributed by atoms with Crippen molar-refractivity contribution in [3.05, 3.63) is 18.2 Å². The zero-order valence-corrected chi connectivity index (χ0v) is 9.02. The van der Waals surface area contributed by atoms with E-state index in [0.29, 0.717) is 18.1 Å². The Hall–Kier alpha value is -0.650. The standard InChI is InChI=1S/C9H9IO3/c10-4-6-5-12-8-3-1-2-7(11)9(8)13-6/h1-3,6,11H,4-5H2/t6-/m0/s1. The van der Waals surface area contributed by atoms with Crippen LogP contribution in [0.2, 0.25) is 0 Å². The lowest BCUT2D eigenvalue weighted by Crippen LogP contribution is -2.30. The first kappa shape index (κ1) is 8.93. The van der Waals surface area contributed by atoms with Gasteiger partial charge in [0.2, 0.25) is 5.75 Å². The third-order valence-electron chi connectivity index (χ3n) is 1.84. The summed E-state index contributed by atoms with van der Waals surface area (Å²) in [4.78, 5) is 0. The predicted octanol–water partition coefficient (Wildman–Crippen LogP) is 1.97. The fourth-order valence-electron chi connectivity index (χ4n) is 1.20. The molecule has 0 amide bonds. The molecule has 1 heterocycles. The molecule has 0 fully saturated rings. The van der Waals surface area contributed by atoms with Gasteiger partial charge in [0.05, 0.1) is 0 Å². The molecule has 0 aliphatic carbocycles. The molecule has 0 saturated carbocycles. The molecule has 1 atom stereocenters. The third-order valence-corrected chi connectivity index (χ3v) is 2.82. The van der Waals surface area contributed by atoms with Crippen molar-refractivity contribution < 1.29 is 14.6 Å². The molecule has 0 radical (unpaired) electrons. The highest BCUT2D eigenvalue weighted by molar-refractivity contribution is 14.1. The number of benzene rings is 1. The quantitative estimate of drug-likeness (QED) is 0.635. The number of phenolic OH excluding ortho intramolecular Hbond substituents is 1. The van der Waals surface area contributed by atoms with E-state index in [1.807, 2.05) is 0 Å². The summed E-state index contributed by atoms with van der Waals surface area (Å²) in [6, 6.07) is 5.12. The van der Waals surface area contributed by atoms with Crippen molar-refractivity contribution in [1.82, 2.24) is 0 Å². The second kappa shape index (κ2) is 3.61. The zero-order chi connectivity index (χ0) is 9.26. The van der Waals surface area contributed by atoms with Gasteiger partial charge in [0.1, 0.15) is 12.7 Å². The monoisotopic (exact) mass is 292 g/mol. The van der Waals surface area contributed by atoms with Crippen molar-refractivity contribution in [3.8, 4) is 17.2 Å². The van der Waals surface area contributed by atoms with Crippen LogP contribution in [0.1, 0.15) is 0 Å². The van der Waals surface area contributed by atoms with Crippen molar-refractivity contribution in [2.45, 2.75) is 6.10 Å². The number of alkyl halides is 1. The van der Waals surface area contributed by atoms with Crippen LogP contribution in [0.15, 0.2) is 18.2 Å². The van der Waals surface area contributed by atoms with Crippen LogP contribution >= 0.6 is 22.6 Å². The summed E-state index contributed by atoms with van der Waals surface area (Å²) < 4.78 is 11.8. The van der Waals surface area contributed by atoms with Gasteiger partial charge in [-0.15, -0.1) is 0 Å². The minimum absolute atomic E-state index is 0.0430. The van der Waals surface area contributed by atoms with Gasteiger partial charge in [0, 0.05) is 4.43 Å². The molecule has 1 aromatic carbocycles. The lowest BCUT2D eigenvalue weighted by Gasteiger charge is -2.25. The van der Waals surface area contributed by atoms with Gasteiger partial charge in [0.15, 0.2) is 11.5 Å². The molecule has 0 bridgehead atoms. The number of fused-ring (bicyclic) bond motifs is 1. The van der Waals surface area contributed by atoms with Gasteiger partial charge >= 0.3 is 0 Å². The van der Waals surface area contributed by atoms with Gasteiger partial charge in [-0.05, 0) is 12.1 Å². The maximum absolute atomic E-state index is 9.46. The zero-order valence-electron chi connectivity index (χ0n) is 6.87. The van der Waals surface area contributed by atoms with Crippen LogP contribution < -0.4 is 9.47 Å². The molecule has 1 N–H and O–H groups in total. The van der Waals surface area contributed by atoms with Crippen molar-refractivity contribution in [3.63, 3.8) is 0 Å². The van der Waals surface area contributed by atoms with E-state index in [0.717, 1.165) is 4.43 Å². The highest BCUT2D eigenvalue weighted by Crippen LogP contribution is 2.39. The van der Waals surface area contributed by atoms with E-state index in [1.165, 1.54) is 0 Å². The summed E-state index contributed by atoms with van der Waals surface area (Å²) in [5.41, 5.74) is 0. The summed E-state index contributed by atoms with van der Waals surface area (Å²) in [5, 5.41) is 9.46. The van der Waals surface area contributed by atoms with Gasteiger partial charge in [-0.3, -0.25) is 0 Å². The van der Waals surface area contributed by atoms with Gasteiger partial charge in [-0.25, -0.2) is 0 Å². The van der Waals surface area contributed by atoms with Gasteiger partial charge in [0.25, 0.3) is 0 Å². The van der Waals surface area contributed by atoms with Gasteiger partial charge in [-0.1, -0.05) is 28.7 Å². The lowest BCUT2D eigenvalue weighted by atomic mass is 10.2. The molecule has 70 valence electrons. The minimum atomic E-state index is 0.0430. The lowest BCUT2D eigenvalue weighted by molar-refractivity contribution is 0.105. The Labute approximate surface area is 89.8 Å². The number of aromatic hydroxyl groups is 1. The average Bonchev–Trinajstić information content (AvgIpc) is 2.18. The molecular formula is C9H9IO3. The van der Waals surface area contributed by atoms with E-state index < -0.39 is 0 Å². The van der Waals surface area contributed by atoms with Crippen LogP contribution in [-0.2, 0) is 0 Å². The van der Waals surface area contributed by atoms with Crippen LogP contribution in [0.5, 0.6) is 17.2 Å². The fraction of sp³-hybridized carbons (Fsp3) is 0.333. The van der Waals surface area contributed by atoms with E-state index in [-0.39, 0.29) is 11.9 Å².